The Balaban J connectivity index is 1.60. The summed E-state index contributed by atoms with van der Waals surface area (Å²) in [5.41, 5.74) is 1.90. The fourth-order valence-corrected chi connectivity index (χ4v) is 3.78. The molecule has 3 N–H and O–H groups in total. The van der Waals surface area contributed by atoms with Crippen LogP contribution in [0.2, 0.25) is 0 Å². The molecule has 0 fully saturated rings. The highest BCUT2D eigenvalue weighted by molar-refractivity contribution is 7.91. The average Bonchev–Trinajstić information content (AvgIpc) is 3.10. The number of amides is 1. The van der Waals surface area contributed by atoms with Gasteiger partial charge in [0.15, 0.2) is 5.69 Å². The van der Waals surface area contributed by atoms with Crippen LogP contribution in [0.1, 0.15) is 21.6 Å². The van der Waals surface area contributed by atoms with Gasteiger partial charge < -0.3 is 5.32 Å². The standard InChI is InChI=1S/C19H20N4O3S/c24-19(20-12-11-15-7-3-1-4-8-15)18-17(13-21-22-18)23-27(25,26)14-16-9-5-2-6-10-16/h1-10,13,23H,11-12,14H2,(H,20,24)(H,21,22). The Morgan fingerprint density at radius 3 is 2.26 bits per heavy atom. The number of H-pyrrole nitrogens is 1. The third-order valence-electron chi connectivity index (χ3n) is 3.86. The molecule has 0 aliphatic heterocycles. The van der Waals surface area contributed by atoms with Gasteiger partial charge in [-0.2, -0.15) is 5.10 Å². The molecule has 1 aromatic heterocycles. The van der Waals surface area contributed by atoms with Crippen molar-refractivity contribution in [1.29, 1.82) is 0 Å². The Kier molecular flexibility index (Phi) is 5.87. The van der Waals surface area contributed by atoms with Crippen LogP contribution in [-0.2, 0) is 22.2 Å². The summed E-state index contributed by atoms with van der Waals surface area (Å²) < 4.78 is 27.1. The molecule has 0 aliphatic carbocycles. The van der Waals surface area contributed by atoms with Crippen molar-refractivity contribution in [3.05, 3.63) is 83.7 Å². The highest BCUT2D eigenvalue weighted by atomic mass is 32.2. The molecule has 2 aromatic carbocycles. The fourth-order valence-electron chi connectivity index (χ4n) is 2.59. The van der Waals surface area contributed by atoms with Gasteiger partial charge in [-0.05, 0) is 17.5 Å². The van der Waals surface area contributed by atoms with E-state index in [1.807, 2.05) is 36.4 Å². The van der Waals surface area contributed by atoms with Gasteiger partial charge in [0.05, 0.1) is 11.4 Å². The lowest BCUT2D eigenvalue weighted by Gasteiger charge is -2.09. The number of sulfonamides is 1. The highest BCUT2D eigenvalue weighted by Crippen LogP contribution is 2.16. The summed E-state index contributed by atoms with van der Waals surface area (Å²) in [6.45, 7) is 0.423. The number of carbonyl (C=O) groups excluding carboxylic acids is 1. The molecule has 27 heavy (non-hydrogen) atoms. The monoisotopic (exact) mass is 384 g/mol. The van der Waals surface area contributed by atoms with E-state index in [0.717, 1.165) is 5.56 Å². The highest BCUT2D eigenvalue weighted by Gasteiger charge is 2.19. The fraction of sp³-hybridized carbons (Fsp3) is 0.158. The van der Waals surface area contributed by atoms with Crippen LogP contribution < -0.4 is 10.0 Å². The smallest absolute Gasteiger partial charge is 0.273 e. The van der Waals surface area contributed by atoms with E-state index in [9.17, 15) is 13.2 Å². The van der Waals surface area contributed by atoms with E-state index in [1.165, 1.54) is 6.20 Å². The molecule has 0 bridgehead atoms. The van der Waals surface area contributed by atoms with Crippen LogP contribution in [0.3, 0.4) is 0 Å². The number of hydrogen-bond donors (Lipinski definition) is 3. The third-order valence-corrected chi connectivity index (χ3v) is 5.11. The summed E-state index contributed by atoms with van der Waals surface area (Å²) in [6.07, 6.45) is 2.03. The number of aromatic nitrogens is 2. The molecule has 3 aromatic rings. The van der Waals surface area contributed by atoms with Crippen molar-refractivity contribution in [2.24, 2.45) is 0 Å². The lowest BCUT2D eigenvalue weighted by Crippen LogP contribution is -2.27. The zero-order valence-electron chi connectivity index (χ0n) is 14.6. The molecule has 0 saturated carbocycles. The maximum absolute atomic E-state index is 12.4. The van der Waals surface area contributed by atoms with Crippen molar-refractivity contribution < 1.29 is 13.2 Å². The summed E-state index contributed by atoms with van der Waals surface area (Å²) >= 11 is 0. The second-order valence-corrected chi connectivity index (χ2v) is 7.71. The van der Waals surface area contributed by atoms with Crippen LogP contribution in [0.4, 0.5) is 5.69 Å². The van der Waals surface area contributed by atoms with E-state index in [1.54, 1.807) is 24.3 Å². The van der Waals surface area contributed by atoms with Gasteiger partial charge in [-0.3, -0.25) is 14.6 Å². The Hall–Kier alpha value is -3.13. The minimum atomic E-state index is -3.67. The van der Waals surface area contributed by atoms with Crippen LogP contribution in [0, 0.1) is 0 Å². The van der Waals surface area contributed by atoms with E-state index >= 15 is 0 Å². The number of carbonyl (C=O) groups is 1. The first-order valence-corrected chi connectivity index (χ1v) is 10.1. The van der Waals surface area contributed by atoms with Crippen LogP contribution in [0.15, 0.2) is 66.9 Å². The molecule has 0 unspecified atom stereocenters. The van der Waals surface area contributed by atoms with E-state index in [2.05, 4.69) is 20.2 Å². The molecule has 0 radical (unpaired) electrons. The quantitative estimate of drug-likeness (QED) is 0.554. The average molecular weight is 384 g/mol. The topological polar surface area (TPSA) is 104 Å². The predicted octanol–water partition coefficient (Wildman–Crippen LogP) is 2.32. The van der Waals surface area contributed by atoms with Crippen molar-refractivity contribution >= 4 is 21.6 Å². The van der Waals surface area contributed by atoms with Gasteiger partial charge in [-0.25, -0.2) is 8.42 Å². The normalized spacial score (nSPS) is 11.1. The Morgan fingerprint density at radius 1 is 0.963 bits per heavy atom. The van der Waals surface area contributed by atoms with Crippen molar-refractivity contribution in [2.45, 2.75) is 12.2 Å². The van der Waals surface area contributed by atoms with Crippen molar-refractivity contribution in [3.8, 4) is 0 Å². The summed E-state index contributed by atoms with van der Waals surface area (Å²) in [6, 6.07) is 18.6. The number of aromatic amines is 1. The molecule has 8 heteroatoms. The van der Waals surface area contributed by atoms with E-state index in [0.29, 0.717) is 18.5 Å². The molecule has 1 heterocycles. The van der Waals surface area contributed by atoms with Crippen LogP contribution in [0.25, 0.3) is 0 Å². The molecule has 0 spiro atoms. The molecule has 1 amide bonds. The number of benzene rings is 2. The molecular weight excluding hydrogens is 364 g/mol. The van der Waals surface area contributed by atoms with E-state index < -0.39 is 15.9 Å². The van der Waals surface area contributed by atoms with Gasteiger partial charge in [-0.15, -0.1) is 0 Å². The maximum atomic E-state index is 12.4. The van der Waals surface area contributed by atoms with Gasteiger partial charge in [0.2, 0.25) is 10.0 Å². The SMILES string of the molecule is O=C(NCCc1ccccc1)c1n[nH]cc1NS(=O)(=O)Cc1ccccc1. The Bertz CT molecular complexity index is 986. The Labute approximate surface area is 157 Å². The summed E-state index contributed by atoms with van der Waals surface area (Å²) in [5.74, 6) is -0.627. The van der Waals surface area contributed by atoms with Gasteiger partial charge in [-0.1, -0.05) is 60.7 Å². The second-order valence-electron chi connectivity index (χ2n) is 5.99. The van der Waals surface area contributed by atoms with Crippen LogP contribution in [0.5, 0.6) is 0 Å². The zero-order chi connectivity index (χ0) is 19.1. The number of nitrogens with zero attached hydrogens (tertiary/aromatic N) is 1. The minimum Gasteiger partial charge on any atom is -0.350 e. The maximum Gasteiger partial charge on any atom is 0.273 e. The molecule has 140 valence electrons. The second kappa shape index (κ2) is 8.50. The van der Waals surface area contributed by atoms with Crippen LogP contribution >= 0.6 is 0 Å². The summed E-state index contributed by atoms with van der Waals surface area (Å²) in [5, 5.41) is 9.16. The lowest BCUT2D eigenvalue weighted by molar-refractivity contribution is 0.0950. The van der Waals surface area contributed by atoms with Crippen molar-refractivity contribution in [1.82, 2.24) is 15.5 Å². The molecule has 0 aliphatic rings. The van der Waals surface area contributed by atoms with E-state index in [-0.39, 0.29) is 17.1 Å². The Morgan fingerprint density at radius 2 is 1.59 bits per heavy atom. The zero-order valence-corrected chi connectivity index (χ0v) is 15.4. The summed E-state index contributed by atoms with van der Waals surface area (Å²) in [7, 11) is -3.67. The molecule has 0 atom stereocenters. The van der Waals surface area contributed by atoms with Gasteiger partial charge >= 0.3 is 0 Å². The summed E-state index contributed by atoms with van der Waals surface area (Å²) in [4.78, 5) is 12.3. The first-order valence-electron chi connectivity index (χ1n) is 8.44. The number of nitrogens with one attached hydrogen (secondary N) is 3. The molecule has 7 nitrogen and oxygen atoms in total. The van der Waals surface area contributed by atoms with Crippen molar-refractivity contribution in [3.63, 3.8) is 0 Å². The van der Waals surface area contributed by atoms with E-state index in [4.69, 9.17) is 0 Å². The molecule has 3 rings (SSSR count). The molecular formula is C19H20N4O3S. The minimum absolute atomic E-state index is 0.0136. The third kappa shape index (κ3) is 5.42. The van der Waals surface area contributed by atoms with Crippen molar-refractivity contribution in [2.75, 3.05) is 11.3 Å². The number of rotatable bonds is 8. The van der Waals surface area contributed by atoms with Gasteiger partial charge in [0, 0.05) is 12.7 Å². The first kappa shape index (κ1) is 18.7. The van der Waals surface area contributed by atoms with Crippen LogP contribution in [-0.4, -0.2) is 31.1 Å². The van der Waals surface area contributed by atoms with Gasteiger partial charge in [0.25, 0.3) is 5.91 Å². The van der Waals surface area contributed by atoms with Gasteiger partial charge in [0.1, 0.15) is 0 Å². The lowest BCUT2D eigenvalue weighted by atomic mass is 10.1. The number of hydrogen-bond acceptors (Lipinski definition) is 4. The molecule has 0 saturated heterocycles. The first-order chi connectivity index (χ1) is 13.0. The number of anilines is 1. The predicted molar refractivity (Wildman–Crippen MR) is 104 cm³/mol. The largest absolute Gasteiger partial charge is 0.350 e.